The van der Waals surface area contributed by atoms with Gasteiger partial charge in [0, 0.05) is 5.92 Å². The molecule has 1 heteroatoms. The molecule has 0 amide bonds. The van der Waals surface area contributed by atoms with Gasteiger partial charge in [-0.3, -0.25) is 0 Å². The Balaban J connectivity index is 1.92. The van der Waals surface area contributed by atoms with Gasteiger partial charge in [0.15, 0.2) is 0 Å². The van der Waals surface area contributed by atoms with E-state index in [9.17, 15) is 0 Å². The second-order valence-electron chi connectivity index (χ2n) is 6.23. The van der Waals surface area contributed by atoms with Crippen LogP contribution in [0.3, 0.4) is 0 Å². The van der Waals surface area contributed by atoms with Crippen LogP contribution in [-0.2, 0) is 0 Å². The number of rotatable bonds is 2. The lowest BCUT2D eigenvalue weighted by molar-refractivity contribution is -0.909. The third kappa shape index (κ3) is 2.88. The van der Waals surface area contributed by atoms with Crippen LogP contribution in [0.5, 0.6) is 0 Å². The van der Waals surface area contributed by atoms with Crippen LogP contribution in [0.2, 0.25) is 0 Å². The number of hydrogen-bond acceptors (Lipinski definition) is 0. The van der Waals surface area contributed by atoms with Crippen LogP contribution >= 0.6 is 0 Å². The van der Waals surface area contributed by atoms with E-state index in [1.54, 1.807) is 5.57 Å². The molecule has 0 aromatic rings. The van der Waals surface area contributed by atoms with Crippen molar-refractivity contribution in [2.45, 2.75) is 46.5 Å². The molecular weight excluding hydrogens is 194 g/mol. The molecule has 92 valence electrons. The number of quaternary nitrogens is 1. The zero-order valence-electron chi connectivity index (χ0n) is 11.3. The highest BCUT2D eigenvalue weighted by atomic mass is 15.1. The summed E-state index contributed by atoms with van der Waals surface area (Å²) < 4.78 is 0. The summed E-state index contributed by atoms with van der Waals surface area (Å²) >= 11 is 0. The smallest absolute Gasteiger partial charge is 0.0807 e. The van der Waals surface area contributed by atoms with Gasteiger partial charge in [-0.2, -0.15) is 0 Å². The van der Waals surface area contributed by atoms with Gasteiger partial charge in [0.25, 0.3) is 0 Å². The van der Waals surface area contributed by atoms with E-state index in [4.69, 9.17) is 0 Å². The first kappa shape index (κ1) is 12.2. The van der Waals surface area contributed by atoms with Crippen molar-refractivity contribution < 1.29 is 4.90 Å². The fourth-order valence-corrected chi connectivity index (χ4v) is 3.79. The fraction of sp³-hybridized carbons (Fsp3) is 0.867. The molecule has 1 fully saturated rings. The highest BCUT2D eigenvalue weighted by Gasteiger charge is 2.30. The second-order valence-corrected chi connectivity index (χ2v) is 6.23. The fourth-order valence-electron chi connectivity index (χ4n) is 3.79. The Bertz CT molecular complexity index is 250. The molecule has 0 bridgehead atoms. The summed E-state index contributed by atoms with van der Waals surface area (Å²) in [6, 6.07) is 0. The molecule has 0 aromatic heterocycles. The molecule has 0 aromatic carbocycles. The molecule has 1 saturated heterocycles. The van der Waals surface area contributed by atoms with E-state index in [0.717, 1.165) is 17.8 Å². The van der Waals surface area contributed by atoms with E-state index in [2.05, 4.69) is 26.8 Å². The number of piperidine rings is 1. The maximum Gasteiger partial charge on any atom is 0.0807 e. The van der Waals surface area contributed by atoms with Crippen molar-refractivity contribution in [3.63, 3.8) is 0 Å². The molecule has 0 radical (unpaired) electrons. The van der Waals surface area contributed by atoms with Crippen molar-refractivity contribution in [2.75, 3.05) is 19.6 Å². The summed E-state index contributed by atoms with van der Waals surface area (Å²) in [5.74, 6) is 2.63. The Morgan fingerprint density at radius 1 is 1.19 bits per heavy atom. The normalized spacial score (nSPS) is 37.2. The van der Waals surface area contributed by atoms with Crippen LogP contribution < -0.4 is 4.90 Å². The van der Waals surface area contributed by atoms with E-state index in [0.29, 0.717) is 0 Å². The molecule has 1 aliphatic heterocycles. The molecule has 1 heterocycles. The Morgan fingerprint density at radius 2 is 1.88 bits per heavy atom. The predicted molar refractivity (Wildman–Crippen MR) is 69.6 cm³/mol. The lowest BCUT2D eigenvalue weighted by atomic mass is 9.74. The molecule has 1 aliphatic carbocycles. The molecule has 1 N–H and O–H groups in total. The van der Waals surface area contributed by atoms with Crippen LogP contribution in [0, 0.1) is 17.8 Å². The molecule has 0 spiro atoms. The lowest BCUT2D eigenvalue weighted by Gasteiger charge is -2.36. The van der Waals surface area contributed by atoms with Crippen molar-refractivity contribution in [3.8, 4) is 0 Å². The first-order valence-corrected chi connectivity index (χ1v) is 7.17. The second kappa shape index (κ2) is 5.35. The largest absolute Gasteiger partial charge is 0.335 e. The van der Waals surface area contributed by atoms with Crippen molar-refractivity contribution in [2.24, 2.45) is 17.8 Å². The van der Waals surface area contributed by atoms with Gasteiger partial charge in [0.05, 0.1) is 19.6 Å². The minimum absolute atomic E-state index is 0.804. The SMILES string of the molecule is CC1=C[C@@H](C)[C@H](C[NH+]2CCCCC2)[C@@H](C)C1. The zero-order chi connectivity index (χ0) is 11.5. The minimum atomic E-state index is 0.804. The summed E-state index contributed by atoms with van der Waals surface area (Å²) in [5.41, 5.74) is 1.62. The molecule has 0 unspecified atom stereocenters. The van der Waals surface area contributed by atoms with Crippen LogP contribution in [0.4, 0.5) is 0 Å². The number of likely N-dealkylation sites (tertiary alicyclic amines) is 1. The van der Waals surface area contributed by atoms with E-state index >= 15 is 0 Å². The molecule has 2 rings (SSSR count). The summed E-state index contributed by atoms with van der Waals surface area (Å²) in [6.45, 7) is 11.5. The zero-order valence-corrected chi connectivity index (χ0v) is 11.3. The van der Waals surface area contributed by atoms with Gasteiger partial charge in [0.1, 0.15) is 0 Å². The third-order valence-corrected chi connectivity index (χ3v) is 4.68. The van der Waals surface area contributed by atoms with Crippen molar-refractivity contribution in [1.29, 1.82) is 0 Å². The molecular formula is C15H28N+. The Hall–Kier alpha value is -0.300. The summed E-state index contributed by atoms with van der Waals surface area (Å²) in [6.07, 6.45) is 8.24. The first-order chi connectivity index (χ1) is 7.66. The van der Waals surface area contributed by atoms with Crippen molar-refractivity contribution in [3.05, 3.63) is 11.6 Å². The molecule has 0 saturated carbocycles. The van der Waals surface area contributed by atoms with Crippen LogP contribution in [0.15, 0.2) is 11.6 Å². The van der Waals surface area contributed by atoms with Gasteiger partial charge in [-0.25, -0.2) is 0 Å². The highest BCUT2D eigenvalue weighted by molar-refractivity contribution is 5.07. The first-order valence-electron chi connectivity index (χ1n) is 7.17. The number of hydrogen-bond donors (Lipinski definition) is 1. The number of nitrogens with one attached hydrogen (secondary N) is 1. The summed E-state index contributed by atoms with van der Waals surface area (Å²) in [4.78, 5) is 1.88. The van der Waals surface area contributed by atoms with Gasteiger partial charge in [-0.1, -0.05) is 25.5 Å². The molecule has 2 aliphatic rings. The Labute approximate surface area is 101 Å². The quantitative estimate of drug-likeness (QED) is 0.684. The molecule has 3 atom stereocenters. The number of allylic oxidation sites excluding steroid dienone is 2. The van der Waals surface area contributed by atoms with E-state index < -0.39 is 0 Å². The Morgan fingerprint density at radius 3 is 2.50 bits per heavy atom. The van der Waals surface area contributed by atoms with Gasteiger partial charge >= 0.3 is 0 Å². The Kier molecular flexibility index (Phi) is 4.07. The van der Waals surface area contributed by atoms with Crippen LogP contribution in [0.25, 0.3) is 0 Å². The van der Waals surface area contributed by atoms with E-state index in [1.807, 2.05) is 4.90 Å². The maximum absolute atomic E-state index is 2.52. The average Bonchev–Trinajstić information content (AvgIpc) is 2.25. The van der Waals surface area contributed by atoms with Crippen LogP contribution in [-0.4, -0.2) is 19.6 Å². The van der Waals surface area contributed by atoms with Crippen molar-refractivity contribution >= 4 is 0 Å². The molecule has 16 heavy (non-hydrogen) atoms. The predicted octanol–water partition coefficient (Wildman–Crippen LogP) is 2.29. The van der Waals surface area contributed by atoms with Crippen molar-refractivity contribution in [1.82, 2.24) is 0 Å². The lowest BCUT2D eigenvalue weighted by Crippen LogP contribution is -3.13. The molecule has 1 nitrogen and oxygen atoms in total. The van der Waals surface area contributed by atoms with Gasteiger partial charge in [-0.05, 0) is 44.4 Å². The standard InChI is InChI=1S/C15H27N/c1-12-9-13(2)15(14(3)10-12)11-16-7-5-4-6-8-16/h9,13-15H,4-8,10-11H2,1-3H3/p+1/t13-,14+,15+/m1/s1. The maximum atomic E-state index is 2.52. The van der Waals surface area contributed by atoms with Crippen LogP contribution in [0.1, 0.15) is 46.5 Å². The van der Waals surface area contributed by atoms with E-state index in [-0.39, 0.29) is 0 Å². The van der Waals surface area contributed by atoms with Gasteiger partial charge in [-0.15, -0.1) is 0 Å². The average molecular weight is 222 g/mol. The monoisotopic (exact) mass is 222 g/mol. The van der Waals surface area contributed by atoms with Gasteiger partial charge in [0.2, 0.25) is 0 Å². The third-order valence-electron chi connectivity index (χ3n) is 4.68. The summed E-state index contributed by atoms with van der Waals surface area (Å²) in [7, 11) is 0. The van der Waals surface area contributed by atoms with Gasteiger partial charge < -0.3 is 4.90 Å². The highest BCUT2D eigenvalue weighted by Crippen LogP contribution is 2.32. The van der Waals surface area contributed by atoms with E-state index in [1.165, 1.54) is 45.3 Å². The topological polar surface area (TPSA) is 4.44 Å². The minimum Gasteiger partial charge on any atom is -0.335 e. The summed E-state index contributed by atoms with van der Waals surface area (Å²) in [5, 5.41) is 0.